The van der Waals surface area contributed by atoms with E-state index in [1.807, 2.05) is 13.8 Å². The second kappa shape index (κ2) is 6.88. The van der Waals surface area contributed by atoms with Gasteiger partial charge in [0, 0.05) is 5.56 Å². The van der Waals surface area contributed by atoms with Crippen LogP contribution in [0.3, 0.4) is 0 Å². The minimum atomic E-state index is -0.942. The van der Waals surface area contributed by atoms with E-state index in [0.717, 1.165) is 23.3 Å². The van der Waals surface area contributed by atoms with Gasteiger partial charge in [0.2, 0.25) is 0 Å². The maximum absolute atomic E-state index is 13.5. The van der Waals surface area contributed by atoms with E-state index >= 15 is 0 Å². The van der Waals surface area contributed by atoms with Gasteiger partial charge in [0.15, 0.2) is 11.6 Å². The summed E-state index contributed by atoms with van der Waals surface area (Å²) in [5.74, 6) is -1.34. The molecule has 0 unspecified atom stereocenters. The molecule has 0 fully saturated rings. The average molecular weight is 324 g/mol. The summed E-state index contributed by atoms with van der Waals surface area (Å²) >= 11 is 6.03. The van der Waals surface area contributed by atoms with Gasteiger partial charge in [-0.1, -0.05) is 25.1 Å². The second-order valence-corrected chi connectivity index (χ2v) is 5.40. The molecule has 1 heterocycles. The topological polar surface area (TPSA) is 22.1 Å². The summed E-state index contributed by atoms with van der Waals surface area (Å²) < 4.78 is 32.4. The first kappa shape index (κ1) is 16.4. The summed E-state index contributed by atoms with van der Waals surface area (Å²) in [6.45, 7) is 7.89. The summed E-state index contributed by atoms with van der Waals surface area (Å²) in [5, 5.41) is 0.277. The Morgan fingerprint density at radius 1 is 1.27 bits per heavy atom. The number of pyridine rings is 1. The monoisotopic (exact) mass is 323 g/mol. The molecule has 0 saturated heterocycles. The first-order valence-corrected chi connectivity index (χ1v) is 7.22. The Labute approximate surface area is 133 Å². The molecule has 2 nitrogen and oxygen atoms in total. The number of rotatable bonds is 5. The standard InChI is InChI=1S/C17H16ClF2NO/c1-4-11-8-15(18)21-16(17(11)22-9-10(2)3)12-5-6-13(19)14(20)7-12/h5-8H,2,4,9H2,1,3H3. The van der Waals surface area contributed by atoms with Crippen molar-refractivity contribution in [1.29, 1.82) is 0 Å². The molecule has 1 aromatic heterocycles. The Hall–Kier alpha value is -1.94. The Balaban J connectivity index is 2.58. The number of hydrogen-bond donors (Lipinski definition) is 0. The highest BCUT2D eigenvalue weighted by atomic mass is 35.5. The van der Waals surface area contributed by atoms with E-state index in [1.54, 1.807) is 6.07 Å². The third kappa shape index (κ3) is 3.63. The van der Waals surface area contributed by atoms with Crippen LogP contribution in [0.25, 0.3) is 11.3 Å². The molecule has 0 amide bonds. The van der Waals surface area contributed by atoms with Crippen LogP contribution >= 0.6 is 11.6 Å². The van der Waals surface area contributed by atoms with Crippen molar-refractivity contribution < 1.29 is 13.5 Å². The maximum atomic E-state index is 13.5. The van der Waals surface area contributed by atoms with Crippen molar-refractivity contribution in [2.75, 3.05) is 6.61 Å². The zero-order valence-electron chi connectivity index (χ0n) is 12.4. The van der Waals surface area contributed by atoms with Gasteiger partial charge in [-0.05, 0) is 48.7 Å². The molecule has 0 aliphatic heterocycles. The highest BCUT2D eigenvalue weighted by Crippen LogP contribution is 2.34. The van der Waals surface area contributed by atoms with Crippen molar-refractivity contribution >= 4 is 11.6 Å². The van der Waals surface area contributed by atoms with Crippen molar-refractivity contribution in [3.8, 4) is 17.0 Å². The molecule has 0 aliphatic carbocycles. The lowest BCUT2D eigenvalue weighted by molar-refractivity contribution is 0.349. The predicted octanol–water partition coefficient (Wildman–Crippen LogP) is 5.20. The van der Waals surface area contributed by atoms with Gasteiger partial charge in [-0.15, -0.1) is 0 Å². The zero-order chi connectivity index (χ0) is 16.3. The largest absolute Gasteiger partial charge is 0.487 e. The third-order valence-corrected chi connectivity index (χ3v) is 3.25. The molecule has 2 aromatic rings. The van der Waals surface area contributed by atoms with Crippen molar-refractivity contribution in [2.24, 2.45) is 0 Å². The van der Waals surface area contributed by atoms with Crippen LogP contribution in [0.4, 0.5) is 8.78 Å². The van der Waals surface area contributed by atoms with Gasteiger partial charge in [-0.3, -0.25) is 0 Å². The van der Waals surface area contributed by atoms with Crippen LogP contribution in [0.5, 0.6) is 5.75 Å². The molecule has 5 heteroatoms. The molecule has 0 aliphatic rings. The quantitative estimate of drug-likeness (QED) is 0.557. The molecule has 22 heavy (non-hydrogen) atoms. The number of benzene rings is 1. The molecule has 0 bridgehead atoms. The van der Waals surface area contributed by atoms with Crippen molar-refractivity contribution in [3.63, 3.8) is 0 Å². The van der Waals surface area contributed by atoms with E-state index in [9.17, 15) is 8.78 Å². The van der Waals surface area contributed by atoms with Crippen LogP contribution in [-0.4, -0.2) is 11.6 Å². The molecular formula is C17H16ClF2NO. The van der Waals surface area contributed by atoms with E-state index in [4.69, 9.17) is 16.3 Å². The number of hydrogen-bond acceptors (Lipinski definition) is 2. The van der Waals surface area contributed by atoms with Crippen LogP contribution in [0.1, 0.15) is 19.4 Å². The normalized spacial score (nSPS) is 10.6. The van der Waals surface area contributed by atoms with Crippen molar-refractivity contribution in [1.82, 2.24) is 4.98 Å². The number of aryl methyl sites for hydroxylation is 1. The van der Waals surface area contributed by atoms with E-state index in [0.29, 0.717) is 30.0 Å². The lowest BCUT2D eigenvalue weighted by Crippen LogP contribution is -2.04. The lowest BCUT2D eigenvalue weighted by Gasteiger charge is -2.15. The number of nitrogens with zero attached hydrogens (tertiary/aromatic N) is 1. The molecule has 0 saturated carbocycles. The van der Waals surface area contributed by atoms with Gasteiger partial charge in [0.25, 0.3) is 0 Å². The van der Waals surface area contributed by atoms with Crippen LogP contribution in [-0.2, 0) is 6.42 Å². The summed E-state index contributed by atoms with van der Waals surface area (Å²) in [6.07, 6.45) is 0.671. The fraction of sp³-hybridized carbons (Fsp3) is 0.235. The van der Waals surface area contributed by atoms with Crippen molar-refractivity contribution in [2.45, 2.75) is 20.3 Å². The fourth-order valence-corrected chi connectivity index (χ4v) is 2.23. The average Bonchev–Trinajstić information content (AvgIpc) is 2.47. The van der Waals surface area contributed by atoms with E-state index in [-0.39, 0.29) is 5.15 Å². The molecule has 116 valence electrons. The Bertz CT molecular complexity index is 716. The van der Waals surface area contributed by atoms with Gasteiger partial charge in [-0.2, -0.15) is 0 Å². The summed E-state index contributed by atoms with van der Waals surface area (Å²) in [7, 11) is 0. The highest BCUT2D eigenvalue weighted by Gasteiger charge is 2.16. The summed E-state index contributed by atoms with van der Waals surface area (Å²) in [6, 6.07) is 5.30. The number of aromatic nitrogens is 1. The van der Waals surface area contributed by atoms with Crippen LogP contribution in [0, 0.1) is 11.6 Å². The molecule has 0 radical (unpaired) electrons. The van der Waals surface area contributed by atoms with E-state index < -0.39 is 11.6 Å². The van der Waals surface area contributed by atoms with Gasteiger partial charge < -0.3 is 4.74 Å². The van der Waals surface area contributed by atoms with E-state index in [1.165, 1.54) is 6.07 Å². The minimum Gasteiger partial charge on any atom is -0.487 e. The molecule has 0 spiro atoms. The predicted molar refractivity (Wildman–Crippen MR) is 84.3 cm³/mol. The van der Waals surface area contributed by atoms with Gasteiger partial charge in [0.05, 0.1) is 0 Å². The van der Waals surface area contributed by atoms with Crippen LogP contribution in [0.2, 0.25) is 5.15 Å². The molecule has 1 aromatic carbocycles. The number of halogens is 3. The van der Waals surface area contributed by atoms with Gasteiger partial charge in [0.1, 0.15) is 23.2 Å². The van der Waals surface area contributed by atoms with E-state index in [2.05, 4.69) is 11.6 Å². The van der Waals surface area contributed by atoms with Gasteiger partial charge in [-0.25, -0.2) is 13.8 Å². The van der Waals surface area contributed by atoms with Crippen LogP contribution in [0.15, 0.2) is 36.4 Å². The molecule has 0 N–H and O–H groups in total. The highest BCUT2D eigenvalue weighted by molar-refractivity contribution is 6.29. The minimum absolute atomic E-state index is 0.277. The molecule has 0 atom stereocenters. The smallest absolute Gasteiger partial charge is 0.159 e. The first-order chi connectivity index (χ1) is 10.4. The Morgan fingerprint density at radius 2 is 2.00 bits per heavy atom. The van der Waals surface area contributed by atoms with Crippen molar-refractivity contribution in [3.05, 3.63) is 58.8 Å². The Kier molecular flexibility index (Phi) is 5.14. The SMILES string of the molecule is C=C(C)COc1c(CC)cc(Cl)nc1-c1ccc(F)c(F)c1. The zero-order valence-corrected chi connectivity index (χ0v) is 13.2. The summed E-state index contributed by atoms with van der Waals surface area (Å²) in [4.78, 5) is 4.22. The molecular weight excluding hydrogens is 308 g/mol. The Morgan fingerprint density at radius 3 is 2.59 bits per heavy atom. The third-order valence-electron chi connectivity index (χ3n) is 3.06. The number of ether oxygens (including phenoxy) is 1. The molecule has 2 rings (SSSR count). The maximum Gasteiger partial charge on any atom is 0.159 e. The fourth-order valence-electron chi connectivity index (χ4n) is 2.01. The first-order valence-electron chi connectivity index (χ1n) is 6.84. The van der Waals surface area contributed by atoms with Crippen LogP contribution < -0.4 is 4.74 Å². The lowest BCUT2D eigenvalue weighted by atomic mass is 10.1. The van der Waals surface area contributed by atoms with Gasteiger partial charge >= 0.3 is 0 Å². The second-order valence-electron chi connectivity index (χ2n) is 5.01. The summed E-state index contributed by atoms with van der Waals surface area (Å²) in [5.41, 5.74) is 2.49.